The fourth-order valence-corrected chi connectivity index (χ4v) is 3.44. The predicted octanol–water partition coefficient (Wildman–Crippen LogP) is 4.00. The molecule has 1 atom stereocenters. The summed E-state index contributed by atoms with van der Waals surface area (Å²) in [6.07, 6.45) is 3.55. The second-order valence-electron chi connectivity index (χ2n) is 7.10. The van der Waals surface area contributed by atoms with Gasteiger partial charge in [0.2, 0.25) is 5.91 Å². The summed E-state index contributed by atoms with van der Waals surface area (Å²) in [4.78, 5) is 29.2. The van der Waals surface area contributed by atoms with E-state index in [-0.39, 0.29) is 23.9 Å². The maximum absolute atomic E-state index is 12.6. The van der Waals surface area contributed by atoms with E-state index >= 15 is 0 Å². The number of halogens is 1. The molecular weight excluding hydrogens is 418 g/mol. The molecule has 1 N–H and O–H groups in total. The van der Waals surface area contributed by atoms with E-state index in [0.29, 0.717) is 11.9 Å². The molecule has 0 saturated carbocycles. The Morgan fingerprint density at radius 2 is 1.96 bits per heavy atom. The van der Waals surface area contributed by atoms with Crippen molar-refractivity contribution in [1.29, 1.82) is 0 Å². The van der Waals surface area contributed by atoms with Gasteiger partial charge in [-0.2, -0.15) is 0 Å². The molecule has 1 aromatic heterocycles. The number of aromatic nitrogens is 2. The van der Waals surface area contributed by atoms with Gasteiger partial charge in [0.05, 0.1) is 17.2 Å². The van der Waals surface area contributed by atoms with Crippen LogP contribution in [0.1, 0.15) is 30.9 Å². The molecule has 0 aliphatic rings. The fourth-order valence-electron chi connectivity index (χ4n) is 3.17. The molecule has 146 valence electrons. The minimum absolute atomic E-state index is 0.0560. The lowest BCUT2D eigenvalue weighted by molar-refractivity contribution is -0.121. The molecule has 5 nitrogen and oxygen atoms in total. The van der Waals surface area contributed by atoms with Gasteiger partial charge in [0.15, 0.2) is 0 Å². The summed E-state index contributed by atoms with van der Waals surface area (Å²) in [5, 5.41) is 3.60. The van der Waals surface area contributed by atoms with Crippen LogP contribution in [0, 0.1) is 6.92 Å². The Balaban J connectivity index is 1.52. The minimum Gasteiger partial charge on any atom is -0.354 e. The van der Waals surface area contributed by atoms with Crippen LogP contribution in [0.25, 0.3) is 10.9 Å². The molecule has 0 aliphatic heterocycles. The SMILES string of the molecule is Cc1cccc2c(=O)n(CCC(=O)NC(C)CCc3ccc(Br)cc3)cnc12. The van der Waals surface area contributed by atoms with E-state index in [1.165, 1.54) is 16.5 Å². The van der Waals surface area contributed by atoms with Gasteiger partial charge in [-0.1, -0.05) is 40.2 Å². The highest BCUT2D eigenvalue weighted by Crippen LogP contribution is 2.13. The second kappa shape index (κ2) is 9.15. The van der Waals surface area contributed by atoms with Crippen molar-refractivity contribution >= 4 is 32.7 Å². The van der Waals surface area contributed by atoms with Gasteiger partial charge in [0.25, 0.3) is 5.56 Å². The van der Waals surface area contributed by atoms with Crippen LogP contribution >= 0.6 is 15.9 Å². The van der Waals surface area contributed by atoms with E-state index in [0.717, 1.165) is 28.4 Å². The third-order valence-electron chi connectivity index (χ3n) is 4.82. The number of nitrogens with one attached hydrogen (secondary N) is 1. The Kier molecular flexibility index (Phi) is 6.62. The highest BCUT2D eigenvalue weighted by Gasteiger charge is 2.10. The molecule has 6 heteroatoms. The predicted molar refractivity (Wildman–Crippen MR) is 115 cm³/mol. The van der Waals surface area contributed by atoms with Crippen LogP contribution in [0.3, 0.4) is 0 Å². The maximum atomic E-state index is 12.6. The van der Waals surface area contributed by atoms with Gasteiger partial charge in [-0.25, -0.2) is 4.98 Å². The molecule has 0 radical (unpaired) electrons. The van der Waals surface area contributed by atoms with Gasteiger partial charge in [0.1, 0.15) is 0 Å². The molecular formula is C22H24BrN3O2. The summed E-state index contributed by atoms with van der Waals surface area (Å²) in [5.41, 5.74) is 2.83. The number of carbonyl (C=O) groups excluding carboxylic acids is 1. The number of para-hydroxylation sites is 1. The van der Waals surface area contributed by atoms with Crippen molar-refractivity contribution in [3.8, 4) is 0 Å². The van der Waals surface area contributed by atoms with E-state index < -0.39 is 0 Å². The van der Waals surface area contributed by atoms with E-state index in [9.17, 15) is 9.59 Å². The molecule has 1 unspecified atom stereocenters. The van der Waals surface area contributed by atoms with Crippen molar-refractivity contribution in [2.75, 3.05) is 0 Å². The smallest absolute Gasteiger partial charge is 0.261 e. The summed E-state index contributed by atoms with van der Waals surface area (Å²) in [7, 11) is 0. The van der Waals surface area contributed by atoms with Gasteiger partial charge in [-0.05, 0) is 56.0 Å². The van der Waals surface area contributed by atoms with Crippen LogP contribution in [-0.2, 0) is 17.8 Å². The Hall–Kier alpha value is -2.47. The summed E-state index contributed by atoms with van der Waals surface area (Å²) in [6, 6.07) is 13.8. The second-order valence-corrected chi connectivity index (χ2v) is 8.01. The first-order valence-electron chi connectivity index (χ1n) is 9.42. The number of hydrogen-bond acceptors (Lipinski definition) is 3. The van der Waals surface area contributed by atoms with Crippen LogP contribution < -0.4 is 10.9 Å². The Morgan fingerprint density at radius 1 is 1.21 bits per heavy atom. The minimum atomic E-state index is -0.107. The third-order valence-corrected chi connectivity index (χ3v) is 5.35. The summed E-state index contributed by atoms with van der Waals surface area (Å²) < 4.78 is 2.57. The van der Waals surface area contributed by atoms with E-state index in [2.05, 4.69) is 38.4 Å². The van der Waals surface area contributed by atoms with Crippen molar-refractivity contribution in [3.63, 3.8) is 0 Å². The first-order chi connectivity index (χ1) is 13.4. The average Bonchev–Trinajstić information content (AvgIpc) is 2.67. The molecule has 0 bridgehead atoms. The zero-order valence-corrected chi connectivity index (χ0v) is 17.7. The van der Waals surface area contributed by atoms with Crippen LogP contribution in [0.15, 0.2) is 58.1 Å². The van der Waals surface area contributed by atoms with Gasteiger partial charge in [-0.3, -0.25) is 14.2 Å². The number of carbonyl (C=O) groups is 1. The van der Waals surface area contributed by atoms with Crippen molar-refractivity contribution in [1.82, 2.24) is 14.9 Å². The standard InChI is InChI=1S/C22H24BrN3O2/c1-15-4-3-5-19-21(15)24-14-26(22(19)28)13-12-20(27)25-16(2)6-7-17-8-10-18(23)11-9-17/h3-5,8-11,14,16H,6-7,12-13H2,1-2H3,(H,25,27). The number of benzene rings is 2. The number of fused-ring (bicyclic) bond motifs is 1. The van der Waals surface area contributed by atoms with Crippen LogP contribution in [0.5, 0.6) is 0 Å². The molecule has 0 fully saturated rings. The maximum Gasteiger partial charge on any atom is 0.261 e. The number of amides is 1. The average molecular weight is 442 g/mol. The highest BCUT2D eigenvalue weighted by atomic mass is 79.9. The Morgan fingerprint density at radius 3 is 2.71 bits per heavy atom. The molecule has 2 aromatic carbocycles. The van der Waals surface area contributed by atoms with Crippen molar-refractivity contribution in [3.05, 3.63) is 74.7 Å². The van der Waals surface area contributed by atoms with Crippen molar-refractivity contribution in [2.45, 2.75) is 45.7 Å². The molecule has 0 saturated heterocycles. The summed E-state index contributed by atoms with van der Waals surface area (Å²) >= 11 is 3.43. The summed E-state index contributed by atoms with van der Waals surface area (Å²) in [5.74, 6) is -0.0560. The molecule has 1 amide bonds. The van der Waals surface area contributed by atoms with Crippen LogP contribution in [-0.4, -0.2) is 21.5 Å². The van der Waals surface area contributed by atoms with Gasteiger partial charge in [-0.15, -0.1) is 0 Å². The van der Waals surface area contributed by atoms with Crippen LogP contribution in [0.4, 0.5) is 0 Å². The van der Waals surface area contributed by atoms with Gasteiger partial charge >= 0.3 is 0 Å². The third kappa shape index (κ3) is 5.07. The molecule has 0 aliphatic carbocycles. The first kappa shape index (κ1) is 20.3. The van der Waals surface area contributed by atoms with Gasteiger partial charge < -0.3 is 5.32 Å². The lowest BCUT2D eigenvalue weighted by Gasteiger charge is -2.14. The van der Waals surface area contributed by atoms with Gasteiger partial charge in [0, 0.05) is 23.5 Å². The first-order valence-corrected chi connectivity index (χ1v) is 10.2. The van der Waals surface area contributed by atoms with Crippen LogP contribution in [0.2, 0.25) is 0 Å². The largest absolute Gasteiger partial charge is 0.354 e. The van der Waals surface area contributed by atoms with Crippen molar-refractivity contribution in [2.24, 2.45) is 0 Å². The number of hydrogen-bond donors (Lipinski definition) is 1. The number of nitrogens with zero attached hydrogens (tertiary/aromatic N) is 2. The molecule has 3 aromatic rings. The quantitative estimate of drug-likeness (QED) is 0.602. The number of rotatable bonds is 7. The fraction of sp³-hybridized carbons (Fsp3) is 0.318. The highest BCUT2D eigenvalue weighted by molar-refractivity contribution is 9.10. The Labute approximate surface area is 172 Å². The zero-order valence-electron chi connectivity index (χ0n) is 16.1. The monoisotopic (exact) mass is 441 g/mol. The number of aryl methyl sites for hydroxylation is 3. The zero-order chi connectivity index (χ0) is 20.1. The van der Waals surface area contributed by atoms with E-state index in [1.54, 1.807) is 6.07 Å². The Bertz CT molecular complexity index is 1030. The molecule has 28 heavy (non-hydrogen) atoms. The summed E-state index contributed by atoms with van der Waals surface area (Å²) in [6.45, 7) is 4.26. The lowest BCUT2D eigenvalue weighted by atomic mass is 10.1. The topological polar surface area (TPSA) is 64.0 Å². The lowest BCUT2D eigenvalue weighted by Crippen LogP contribution is -2.34. The van der Waals surface area contributed by atoms with E-state index in [4.69, 9.17) is 0 Å². The normalized spacial score (nSPS) is 12.1. The molecule has 0 spiro atoms. The molecule has 1 heterocycles. The van der Waals surface area contributed by atoms with E-state index in [1.807, 2.05) is 38.1 Å². The van der Waals surface area contributed by atoms with Crippen molar-refractivity contribution < 1.29 is 4.79 Å². The molecule has 3 rings (SSSR count).